The van der Waals surface area contributed by atoms with E-state index >= 15 is 0 Å². The van der Waals surface area contributed by atoms with Crippen molar-refractivity contribution in [3.8, 4) is 17.1 Å². The summed E-state index contributed by atoms with van der Waals surface area (Å²) in [6, 6.07) is 9.41. The first-order valence-corrected chi connectivity index (χ1v) is 11.1. The van der Waals surface area contributed by atoms with Gasteiger partial charge in [-0.25, -0.2) is 5.43 Å². The number of nitrogens with zero attached hydrogens (tertiary/aromatic N) is 5. The third-order valence-electron chi connectivity index (χ3n) is 3.93. The number of nitrogens with one attached hydrogen (secondary N) is 1. The SMILES string of the molecule is Cn1c(SCC(=O)N/N=C/c2cc(Br)cc(Br)c2O)nnc1-c1cccc([N+](=O)[O-])c1. The predicted molar refractivity (Wildman–Crippen MR) is 123 cm³/mol. The van der Waals surface area contributed by atoms with Crippen LogP contribution in [-0.4, -0.2) is 42.7 Å². The fraction of sp³-hybridized carbons (Fsp3) is 0.111. The summed E-state index contributed by atoms with van der Waals surface area (Å²) in [5.74, 6) is 0.0882. The zero-order valence-electron chi connectivity index (χ0n) is 15.8. The number of thioether (sulfide) groups is 1. The predicted octanol–water partition coefficient (Wildman–Crippen LogP) is 3.86. The molecule has 0 fully saturated rings. The molecular weight excluding hydrogens is 556 g/mol. The van der Waals surface area contributed by atoms with Crippen molar-refractivity contribution in [1.29, 1.82) is 0 Å². The molecule has 160 valence electrons. The Kier molecular flexibility index (Phi) is 7.41. The first kappa shape index (κ1) is 22.9. The van der Waals surface area contributed by atoms with Crippen LogP contribution in [0.15, 0.2) is 55.6 Å². The lowest BCUT2D eigenvalue weighted by Crippen LogP contribution is -2.19. The van der Waals surface area contributed by atoms with Gasteiger partial charge in [0.25, 0.3) is 11.6 Å². The van der Waals surface area contributed by atoms with Gasteiger partial charge in [-0.05, 0) is 28.1 Å². The fourth-order valence-corrected chi connectivity index (χ4v) is 4.43. The maximum absolute atomic E-state index is 12.1. The Morgan fingerprint density at radius 3 is 2.87 bits per heavy atom. The number of aromatic nitrogens is 3. The number of halogens is 2. The van der Waals surface area contributed by atoms with Gasteiger partial charge in [-0.1, -0.05) is 39.8 Å². The quantitative estimate of drug-likeness (QED) is 0.191. The van der Waals surface area contributed by atoms with E-state index in [-0.39, 0.29) is 23.1 Å². The Labute approximate surface area is 197 Å². The van der Waals surface area contributed by atoms with Gasteiger partial charge in [0.15, 0.2) is 11.0 Å². The van der Waals surface area contributed by atoms with E-state index in [9.17, 15) is 20.0 Å². The summed E-state index contributed by atoms with van der Waals surface area (Å²) in [7, 11) is 1.71. The lowest BCUT2D eigenvalue weighted by Gasteiger charge is -2.04. The minimum absolute atomic E-state index is 0.00309. The Bertz CT molecular complexity index is 1180. The molecule has 1 aromatic heterocycles. The molecule has 0 spiro atoms. The molecule has 2 aromatic carbocycles. The number of aromatic hydroxyl groups is 1. The van der Waals surface area contributed by atoms with Gasteiger partial charge in [0.05, 0.1) is 21.4 Å². The first-order valence-electron chi connectivity index (χ1n) is 8.53. The van der Waals surface area contributed by atoms with E-state index in [1.165, 1.54) is 18.3 Å². The molecular formula is C18H14Br2N6O4S. The second-order valence-corrected chi connectivity index (χ2v) is 8.79. The molecule has 0 aliphatic carbocycles. The molecule has 0 saturated heterocycles. The summed E-state index contributed by atoms with van der Waals surface area (Å²) >= 11 is 7.68. The lowest BCUT2D eigenvalue weighted by atomic mass is 10.2. The van der Waals surface area contributed by atoms with Crippen LogP contribution in [0, 0.1) is 10.1 Å². The van der Waals surface area contributed by atoms with Crippen LogP contribution in [0.3, 0.4) is 0 Å². The van der Waals surface area contributed by atoms with Crippen LogP contribution in [0.5, 0.6) is 5.75 Å². The first-order chi connectivity index (χ1) is 14.8. The van der Waals surface area contributed by atoms with Crippen LogP contribution in [0.4, 0.5) is 5.69 Å². The van der Waals surface area contributed by atoms with E-state index < -0.39 is 4.92 Å². The van der Waals surface area contributed by atoms with Crippen LogP contribution >= 0.6 is 43.6 Å². The Morgan fingerprint density at radius 1 is 1.35 bits per heavy atom. The molecule has 0 unspecified atom stereocenters. The van der Waals surface area contributed by atoms with Gasteiger partial charge in [0.2, 0.25) is 0 Å². The van der Waals surface area contributed by atoms with Crippen molar-refractivity contribution in [2.45, 2.75) is 5.16 Å². The molecule has 0 saturated carbocycles. The molecule has 31 heavy (non-hydrogen) atoms. The van der Waals surface area contributed by atoms with Crippen LogP contribution in [-0.2, 0) is 11.8 Å². The van der Waals surface area contributed by atoms with E-state index in [1.807, 2.05) is 0 Å². The van der Waals surface area contributed by atoms with Crippen molar-refractivity contribution in [2.75, 3.05) is 5.75 Å². The number of hydrogen-bond donors (Lipinski definition) is 2. The van der Waals surface area contributed by atoms with Gasteiger partial charge < -0.3 is 9.67 Å². The normalized spacial score (nSPS) is 11.1. The molecule has 3 rings (SSSR count). The summed E-state index contributed by atoms with van der Waals surface area (Å²) in [5, 5.41) is 33.4. The molecule has 0 aliphatic rings. The van der Waals surface area contributed by atoms with Gasteiger partial charge >= 0.3 is 0 Å². The average molecular weight is 570 g/mol. The Morgan fingerprint density at radius 2 is 2.13 bits per heavy atom. The largest absolute Gasteiger partial charge is 0.506 e. The second kappa shape index (κ2) is 10.0. The van der Waals surface area contributed by atoms with Crippen LogP contribution in [0.25, 0.3) is 11.4 Å². The van der Waals surface area contributed by atoms with Crippen molar-refractivity contribution in [1.82, 2.24) is 20.2 Å². The van der Waals surface area contributed by atoms with Crippen molar-refractivity contribution in [2.24, 2.45) is 12.1 Å². The number of rotatable bonds is 7. The minimum atomic E-state index is -0.479. The maximum atomic E-state index is 12.1. The number of hydrogen-bond acceptors (Lipinski definition) is 8. The molecule has 0 bridgehead atoms. The third kappa shape index (κ3) is 5.68. The maximum Gasteiger partial charge on any atom is 0.270 e. The van der Waals surface area contributed by atoms with Crippen LogP contribution in [0.2, 0.25) is 0 Å². The van der Waals surface area contributed by atoms with Gasteiger partial charge in [0, 0.05) is 34.8 Å². The van der Waals surface area contributed by atoms with Gasteiger partial charge in [-0.2, -0.15) is 5.10 Å². The summed E-state index contributed by atoms with van der Waals surface area (Å²) in [6.07, 6.45) is 1.33. The topological polar surface area (TPSA) is 136 Å². The molecule has 3 aromatic rings. The highest BCUT2D eigenvalue weighted by Crippen LogP contribution is 2.30. The van der Waals surface area contributed by atoms with E-state index in [2.05, 4.69) is 52.6 Å². The number of phenols is 1. The fourth-order valence-electron chi connectivity index (χ4n) is 2.47. The molecule has 1 amide bonds. The molecule has 0 atom stereocenters. The monoisotopic (exact) mass is 568 g/mol. The summed E-state index contributed by atoms with van der Waals surface area (Å²) < 4.78 is 2.88. The van der Waals surface area contributed by atoms with Crippen molar-refractivity contribution >= 4 is 61.4 Å². The number of carbonyl (C=O) groups excluding carboxylic acids is 1. The van der Waals surface area contributed by atoms with E-state index in [0.717, 1.165) is 16.2 Å². The number of nitro groups is 1. The number of carbonyl (C=O) groups is 1. The summed E-state index contributed by atoms with van der Waals surface area (Å²) in [6.45, 7) is 0. The van der Waals surface area contributed by atoms with Crippen molar-refractivity contribution in [3.05, 3.63) is 61.0 Å². The standard InChI is InChI=1S/C18H14Br2N6O4S/c1-25-17(10-3-2-4-13(6-10)26(29)30)23-24-18(25)31-9-15(27)22-21-8-11-5-12(19)7-14(20)16(11)28/h2-8,28H,9H2,1H3,(H,22,27)/b21-8+. The summed E-state index contributed by atoms with van der Waals surface area (Å²) in [5.41, 5.74) is 3.30. The van der Waals surface area contributed by atoms with Crippen LogP contribution < -0.4 is 5.43 Å². The smallest absolute Gasteiger partial charge is 0.270 e. The van der Waals surface area contributed by atoms with Gasteiger partial charge in [0.1, 0.15) is 5.75 Å². The minimum Gasteiger partial charge on any atom is -0.506 e. The number of hydrazone groups is 1. The van der Waals surface area contributed by atoms with Gasteiger partial charge in [-0.15, -0.1) is 10.2 Å². The second-order valence-electron chi connectivity index (χ2n) is 6.08. The number of nitro benzene ring substituents is 1. The number of amides is 1. The molecule has 13 heteroatoms. The zero-order valence-corrected chi connectivity index (χ0v) is 19.8. The highest BCUT2D eigenvalue weighted by Gasteiger charge is 2.15. The Balaban J connectivity index is 1.61. The van der Waals surface area contributed by atoms with Crippen molar-refractivity contribution < 1.29 is 14.8 Å². The third-order valence-corrected chi connectivity index (χ3v) is 6.02. The lowest BCUT2D eigenvalue weighted by molar-refractivity contribution is -0.384. The molecule has 0 radical (unpaired) electrons. The van der Waals surface area contributed by atoms with Crippen LogP contribution in [0.1, 0.15) is 5.56 Å². The number of phenolic OH excluding ortho intramolecular Hbond substituents is 1. The summed E-state index contributed by atoms with van der Waals surface area (Å²) in [4.78, 5) is 22.6. The zero-order chi connectivity index (χ0) is 22.5. The average Bonchev–Trinajstić information content (AvgIpc) is 3.10. The Hall–Kier alpha value is -2.77. The molecule has 10 nitrogen and oxygen atoms in total. The van der Waals surface area contributed by atoms with E-state index in [4.69, 9.17) is 0 Å². The van der Waals surface area contributed by atoms with Gasteiger partial charge in [-0.3, -0.25) is 14.9 Å². The number of non-ortho nitro benzene ring substituents is 1. The highest BCUT2D eigenvalue weighted by molar-refractivity contribution is 9.11. The van der Waals surface area contributed by atoms with E-state index in [1.54, 1.807) is 35.9 Å². The van der Waals surface area contributed by atoms with Crippen molar-refractivity contribution in [3.63, 3.8) is 0 Å². The number of benzene rings is 2. The highest BCUT2D eigenvalue weighted by atomic mass is 79.9. The molecule has 2 N–H and O–H groups in total. The molecule has 0 aliphatic heterocycles. The van der Waals surface area contributed by atoms with E-state index in [0.29, 0.717) is 26.6 Å². The molecule has 1 heterocycles.